The number of aliphatic imine (C=N–C) groups is 1. The monoisotopic (exact) mass is 370 g/mol. The van der Waals surface area contributed by atoms with Crippen molar-refractivity contribution in [1.82, 2.24) is 5.32 Å². The van der Waals surface area contributed by atoms with Crippen LogP contribution in [0.5, 0.6) is 11.5 Å². The highest BCUT2D eigenvalue weighted by molar-refractivity contribution is 5.77. The second-order valence-electron chi connectivity index (χ2n) is 6.09. The van der Waals surface area contributed by atoms with Gasteiger partial charge in [0.1, 0.15) is 0 Å². The molecular formula is C21H30N4O2. The number of nitrogens with two attached hydrogens (primary N) is 1. The third kappa shape index (κ3) is 6.40. The summed E-state index contributed by atoms with van der Waals surface area (Å²) >= 11 is 0. The van der Waals surface area contributed by atoms with E-state index in [1.54, 1.807) is 14.2 Å². The molecule has 27 heavy (non-hydrogen) atoms. The van der Waals surface area contributed by atoms with Gasteiger partial charge in [0.25, 0.3) is 0 Å². The highest BCUT2D eigenvalue weighted by atomic mass is 16.5. The molecule has 6 heteroatoms. The summed E-state index contributed by atoms with van der Waals surface area (Å²) in [5.74, 6) is 1.85. The van der Waals surface area contributed by atoms with Gasteiger partial charge in [-0.05, 0) is 43.2 Å². The van der Waals surface area contributed by atoms with E-state index < -0.39 is 0 Å². The number of guanidine groups is 1. The van der Waals surface area contributed by atoms with Crippen molar-refractivity contribution < 1.29 is 9.47 Å². The van der Waals surface area contributed by atoms with Crippen molar-refractivity contribution in [2.45, 2.75) is 19.9 Å². The van der Waals surface area contributed by atoms with Gasteiger partial charge in [0.05, 0.1) is 20.8 Å². The molecule has 0 aliphatic carbocycles. The number of hydrogen-bond donors (Lipinski definition) is 2. The highest BCUT2D eigenvalue weighted by Crippen LogP contribution is 2.27. The van der Waals surface area contributed by atoms with E-state index in [2.05, 4.69) is 46.4 Å². The highest BCUT2D eigenvalue weighted by Gasteiger charge is 2.05. The van der Waals surface area contributed by atoms with Gasteiger partial charge in [-0.15, -0.1) is 0 Å². The number of rotatable bonds is 10. The lowest BCUT2D eigenvalue weighted by atomic mass is 10.2. The predicted octanol–water partition coefficient (Wildman–Crippen LogP) is 3.02. The number of nitrogens with zero attached hydrogens (tertiary/aromatic N) is 2. The van der Waals surface area contributed by atoms with Crippen molar-refractivity contribution in [3.63, 3.8) is 0 Å². The Morgan fingerprint density at radius 1 is 1.07 bits per heavy atom. The van der Waals surface area contributed by atoms with Crippen LogP contribution in [0.15, 0.2) is 53.5 Å². The molecule has 0 aliphatic rings. The maximum atomic E-state index is 5.98. The molecule has 0 bridgehead atoms. The molecule has 2 aromatic carbocycles. The molecule has 146 valence electrons. The molecule has 0 aliphatic heterocycles. The fraction of sp³-hybridized carbons (Fsp3) is 0.381. The van der Waals surface area contributed by atoms with Gasteiger partial charge in [-0.3, -0.25) is 0 Å². The molecule has 0 fully saturated rings. The number of nitrogens with one attached hydrogen (secondary N) is 1. The summed E-state index contributed by atoms with van der Waals surface area (Å²) in [4.78, 5) is 6.74. The summed E-state index contributed by atoms with van der Waals surface area (Å²) in [6.45, 7) is 5.39. The largest absolute Gasteiger partial charge is 0.493 e. The molecule has 2 rings (SSSR count). The van der Waals surface area contributed by atoms with Crippen LogP contribution >= 0.6 is 0 Å². The van der Waals surface area contributed by atoms with Gasteiger partial charge in [-0.1, -0.05) is 24.3 Å². The molecule has 3 N–H and O–H groups in total. The van der Waals surface area contributed by atoms with Gasteiger partial charge >= 0.3 is 0 Å². The van der Waals surface area contributed by atoms with Crippen molar-refractivity contribution in [2.24, 2.45) is 10.7 Å². The van der Waals surface area contributed by atoms with Crippen LogP contribution in [0.4, 0.5) is 5.69 Å². The average Bonchev–Trinajstić information content (AvgIpc) is 2.72. The molecule has 0 unspecified atom stereocenters. The minimum absolute atomic E-state index is 0.451. The molecule has 0 atom stereocenters. The fourth-order valence-electron chi connectivity index (χ4n) is 2.81. The molecule has 0 saturated heterocycles. The molecule has 0 radical (unpaired) electrons. The number of para-hydroxylation sites is 1. The molecule has 6 nitrogen and oxygen atoms in total. The normalized spacial score (nSPS) is 11.1. The number of benzene rings is 2. The Labute approximate surface area is 162 Å². The summed E-state index contributed by atoms with van der Waals surface area (Å²) in [7, 11) is 3.24. The zero-order valence-corrected chi connectivity index (χ0v) is 16.4. The van der Waals surface area contributed by atoms with E-state index in [4.69, 9.17) is 15.2 Å². The Hall–Kier alpha value is -2.89. The van der Waals surface area contributed by atoms with Crippen molar-refractivity contribution in [2.75, 3.05) is 38.8 Å². The number of anilines is 1. The van der Waals surface area contributed by atoms with Crippen molar-refractivity contribution in [3.8, 4) is 11.5 Å². The Bertz CT molecular complexity index is 719. The predicted molar refractivity (Wildman–Crippen MR) is 112 cm³/mol. The first-order valence-electron chi connectivity index (χ1n) is 9.22. The Morgan fingerprint density at radius 2 is 1.81 bits per heavy atom. The minimum Gasteiger partial charge on any atom is -0.493 e. The first-order valence-corrected chi connectivity index (χ1v) is 9.22. The van der Waals surface area contributed by atoms with Crippen LogP contribution in [0.25, 0.3) is 0 Å². The van der Waals surface area contributed by atoms with Crippen LogP contribution in [-0.2, 0) is 6.54 Å². The Kier molecular flexibility index (Phi) is 8.29. The zero-order valence-electron chi connectivity index (χ0n) is 16.4. The topological polar surface area (TPSA) is 72.1 Å². The van der Waals surface area contributed by atoms with E-state index in [1.807, 2.05) is 24.3 Å². The van der Waals surface area contributed by atoms with Crippen LogP contribution in [-0.4, -0.2) is 39.8 Å². The first-order chi connectivity index (χ1) is 13.2. The smallest absolute Gasteiger partial charge is 0.188 e. The van der Waals surface area contributed by atoms with Crippen LogP contribution in [0.1, 0.15) is 18.9 Å². The van der Waals surface area contributed by atoms with Crippen LogP contribution in [0, 0.1) is 0 Å². The molecule has 0 spiro atoms. The van der Waals surface area contributed by atoms with Gasteiger partial charge < -0.3 is 25.4 Å². The number of ether oxygens (including phenoxy) is 2. The second-order valence-corrected chi connectivity index (χ2v) is 6.09. The van der Waals surface area contributed by atoms with E-state index >= 15 is 0 Å². The standard InChI is InChI=1S/C21H30N4O2/c1-4-25(18-9-6-5-7-10-18)14-8-13-23-21(22)24-16-17-11-12-19(26-2)20(15-17)27-3/h5-7,9-12,15H,4,8,13-14,16H2,1-3H3,(H3,22,23,24). The third-order valence-corrected chi connectivity index (χ3v) is 4.29. The second kappa shape index (κ2) is 11.0. The molecule has 0 heterocycles. The Balaban J connectivity index is 1.77. The van der Waals surface area contributed by atoms with Crippen LogP contribution in [0.3, 0.4) is 0 Å². The van der Waals surface area contributed by atoms with Crippen LogP contribution < -0.4 is 25.4 Å². The van der Waals surface area contributed by atoms with E-state index in [0.717, 1.165) is 31.6 Å². The molecule has 0 amide bonds. The van der Waals surface area contributed by atoms with E-state index in [1.165, 1.54) is 5.69 Å². The Morgan fingerprint density at radius 3 is 2.48 bits per heavy atom. The van der Waals surface area contributed by atoms with E-state index in [-0.39, 0.29) is 0 Å². The van der Waals surface area contributed by atoms with Gasteiger partial charge in [0.2, 0.25) is 0 Å². The summed E-state index contributed by atoms with van der Waals surface area (Å²) in [6, 6.07) is 16.2. The van der Waals surface area contributed by atoms with Gasteiger partial charge in [0, 0.05) is 25.3 Å². The average molecular weight is 370 g/mol. The van der Waals surface area contributed by atoms with E-state index in [0.29, 0.717) is 24.0 Å². The summed E-state index contributed by atoms with van der Waals surface area (Å²) < 4.78 is 10.5. The van der Waals surface area contributed by atoms with Crippen LogP contribution in [0.2, 0.25) is 0 Å². The molecular weight excluding hydrogens is 340 g/mol. The lowest BCUT2D eigenvalue weighted by Gasteiger charge is -2.23. The quantitative estimate of drug-likeness (QED) is 0.382. The van der Waals surface area contributed by atoms with Gasteiger partial charge in [-0.2, -0.15) is 0 Å². The fourth-order valence-corrected chi connectivity index (χ4v) is 2.81. The maximum Gasteiger partial charge on any atom is 0.188 e. The summed E-state index contributed by atoms with van der Waals surface area (Å²) in [5.41, 5.74) is 8.24. The molecule has 0 aromatic heterocycles. The summed E-state index contributed by atoms with van der Waals surface area (Å²) in [5, 5.41) is 3.18. The summed E-state index contributed by atoms with van der Waals surface area (Å²) in [6.07, 6.45) is 0.981. The first kappa shape index (κ1) is 20.4. The van der Waals surface area contributed by atoms with Crippen molar-refractivity contribution in [1.29, 1.82) is 0 Å². The zero-order chi connectivity index (χ0) is 19.5. The van der Waals surface area contributed by atoms with Crippen molar-refractivity contribution in [3.05, 3.63) is 54.1 Å². The lowest BCUT2D eigenvalue weighted by molar-refractivity contribution is 0.354. The van der Waals surface area contributed by atoms with E-state index in [9.17, 15) is 0 Å². The molecule has 2 aromatic rings. The third-order valence-electron chi connectivity index (χ3n) is 4.29. The van der Waals surface area contributed by atoms with Crippen molar-refractivity contribution >= 4 is 11.6 Å². The van der Waals surface area contributed by atoms with Gasteiger partial charge in [-0.25, -0.2) is 4.99 Å². The van der Waals surface area contributed by atoms with Gasteiger partial charge in [0.15, 0.2) is 17.5 Å². The maximum absolute atomic E-state index is 5.98. The number of methoxy groups -OCH3 is 2. The number of hydrogen-bond acceptors (Lipinski definition) is 4. The lowest BCUT2D eigenvalue weighted by Crippen LogP contribution is -2.34. The minimum atomic E-state index is 0.451. The SMILES string of the molecule is CCN(CCCNC(N)=NCc1ccc(OC)c(OC)c1)c1ccccc1. The molecule has 0 saturated carbocycles.